The first-order chi connectivity index (χ1) is 10.2. The molecule has 2 unspecified atom stereocenters. The van der Waals surface area contributed by atoms with Crippen molar-refractivity contribution < 1.29 is 4.79 Å². The molecule has 2 fully saturated rings. The number of hydrogen-bond donors (Lipinski definition) is 1. The zero-order valence-corrected chi connectivity index (χ0v) is 15.4. The Kier molecular flexibility index (Phi) is 6.50. The molecule has 0 aromatic heterocycles. The molecule has 0 aliphatic carbocycles. The van der Waals surface area contributed by atoms with Gasteiger partial charge in [-0.15, -0.1) is 35.9 Å². The van der Waals surface area contributed by atoms with Gasteiger partial charge in [0.05, 0.1) is 4.58 Å². The second-order valence-corrected chi connectivity index (χ2v) is 8.40. The summed E-state index contributed by atoms with van der Waals surface area (Å²) in [6.07, 6.45) is 0. The summed E-state index contributed by atoms with van der Waals surface area (Å²) in [6.45, 7) is 5.93. The second kappa shape index (κ2) is 7.95. The van der Waals surface area contributed by atoms with E-state index in [1.54, 1.807) is 0 Å². The first-order valence-electron chi connectivity index (χ1n) is 7.54. The highest BCUT2D eigenvalue weighted by atomic mass is 35.5. The lowest BCUT2D eigenvalue weighted by Crippen LogP contribution is -2.57. The van der Waals surface area contributed by atoms with Crippen LogP contribution >= 0.6 is 35.9 Å². The molecular formula is C16H23ClN2OS2. The van der Waals surface area contributed by atoms with E-state index >= 15 is 0 Å². The maximum absolute atomic E-state index is 12.7. The van der Waals surface area contributed by atoms with E-state index in [-0.39, 0.29) is 24.4 Å². The molecule has 2 aliphatic rings. The van der Waals surface area contributed by atoms with Gasteiger partial charge in [0, 0.05) is 42.2 Å². The van der Waals surface area contributed by atoms with Crippen molar-refractivity contribution in [3.63, 3.8) is 0 Å². The predicted molar refractivity (Wildman–Crippen MR) is 99.3 cm³/mol. The Morgan fingerprint density at radius 3 is 2.45 bits per heavy atom. The Balaban J connectivity index is 0.00000176. The van der Waals surface area contributed by atoms with Gasteiger partial charge in [-0.25, -0.2) is 0 Å². The fourth-order valence-corrected chi connectivity index (χ4v) is 5.70. The summed E-state index contributed by atoms with van der Waals surface area (Å²) in [5, 5.41) is 3.41. The van der Waals surface area contributed by atoms with Crippen molar-refractivity contribution in [2.24, 2.45) is 0 Å². The van der Waals surface area contributed by atoms with Gasteiger partial charge in [-0.1, -0.05) is 12.1 Å². The van der Waals surface area contributed by atoms with E-state index in [1.165, 1.54) is 17.1 Å². The Hall–Kier alpha value is -0.360. The first kappa shape index (κ1) is 18.0. The third-order valence-corrected chi connectivity index (χ3v) is 7.45. The molecule has 3 rings (SSSR count). The van der Waals surface area contributed by atoms with Crippen LogP contribution in [0.1, 0.15) is 34.4 Å². The molecule has 6 heteroatoms. The van der Waals surface area contributed by atoms with Crippen molar-refractivity contribution >= 4 is 41.8 Å². The van der Waals surface area contributed by atoms with Crippen LogP contribution in [0.15, 0.2) is 24.3 Å². The smallest absolute Gasteiger partial charge is 0.254 e. The molecule has 2 aliphatic heterocycles. The van der Waals surface area contributed by atoms with Crippen LogP contribution in [-0.4, -0.2) is 47.5 Å². The van der Waals surface area contributed by atoms with Gasteiger partial charge in [0.25, 0.3) is 5.91 Å². The largest absolute Gasteiger partial charge is 0.333 e. The molecule has 3 nitrogen and oxygen atoms in total. The highest BCUT2D eigenvalue weighted by Gasteiger charge is 2.28. The molecule has 0 spiro atoms. The van der Waals surface area contributed by atoms with E-state index in [0.29, 0.717) is 10.6 Å². The number of nitrogens with zero attached hydrogens (tertiary/aromatic N) is 1. The van der Waals surface area contributed by atoms with Crippen LogP contribution in [0.4, 0.5) is 0 Å². The van der Waals surface area contributed by atoms with Crippen molar-refractivity contribution in [2.45, 2.75) is 30.5 Å². The van der Waals surface area contributed by atoms with E-state index in [9.17, 15) is 4.79 Å². The molecule has 0 bridgehead atoms. The van der Waals surface area contributed by atoms with Crippen LogP contribution in [-0.2, 0) is 0 Å². The molecule has 2 saturated heterocycles. The Labute approximate surface area is 147 Å². The number of rotatable bonds is 2. The van der Waals surface area contributed by atoms with E-state index in [0.717, 1.165) is 18.7 Å². The average molecular weight is 359 g/mol. The molecule has 2 atom stereocenters. The van der Waals surface area contributed by atoms with Gasteiger partial charge in [-0.3, -0.25) is 4.79 Å². The van der Waals surface area contributed by atoms with Crippen molar-refractivity contribution in [3.8, 4) is 0 Å². The molecule has 122 valence electrons. The lowest BCUT2D eigenvalue weighted by molar-refractivity contribution is 0.0603. The standard InChI is InChI=1S/C16H22N2OS2.ClH/c1-11-12(2)18(8-7-17-11)15(19)13-3-5-14(6-4-13)16-20-9-10-21-16;/h3-6,11-12,16-17H,7-10H2,1-2H3;1H. The molecule has 1 N–H and O–H groups in total. The van der Waals surface area contributed by atoms with Crippen molar-refractivity contribution in [1.29, 1.82) is 0 Å². The van der Waals surface area contributed by atoms with Gasteiger partial charge in [-0.2, -0.15) is 0 Å². The first-order valence-corrected chi connectivity index (χ1v) is 9.64. The van der Waals surface area contributed by atoms with Crippen LogP contribution in [0.25, 0.3) is 0 Å². The number of amides is 1. The average Bonchev–Trinajstić information content (AvgIpc) is 3.04. The van der Waals surface area contributed by atoms with Crippen LogP contribution in [0, 0.1) is 0 Å². The molecule has 1 amide bonds. The molecule has 22 heavy (non-hydrogen) atoms. The zero-order chi connectivity index (χ0) is 14.8. The van der Waals surface area contributed by atoms with Crippen molar-refractivity contribution in [1.82, 2.24) is 10.2 Å². The summed E-state index contributed by atoms with van der Waals surface area (Å²) in [4.78, 5) is 14.7. The minimum Gasteiger partial charge on any atom is -0.333 e. The lowest BCUT2D eigenvalue weighted by Gasteiger charge is -2.38. The number of halogens is 1. The predicted octanol–water partition coefficient (Wildman–Crippen LogP) is 3.41. The van der Waals surface area contributed by atoms with Gasteiger partial charge in [0.15, 0.2) is 0 Å². The number of nitrogens with one attached hydrogen (secondary N) is 1. The van der Waals surface area contributed by atoms with Gasteiger partial charge >= 0.3 is 0 Å². The zero-order valence-electron chi connectivity index (χ0n) is 13.0. The Morgan fingerprint density at radius 2 is 1.82 bits per heavy atom. The fraction of sp³-hybridized carbons (Fsp3) is 0.562. The molecule has 1 aromatic carbocycles. The van der Waals surface area contributed by atoms with Crippen molar-refractivity contribution in [2.75, 3.05) is 24.6 Å². The van der Waals surface area contributed by atoms with Gasteiger partial charge in [0.1, 0.15) is 0 Å². The van der Waals surface area contributed by atoms with Crippen LogP contribution in [0.2, 0.25) is 0 Å². The number of piperazine rings is 1. The minimum absolute atomic E-state index is 0. The number of benzene rings is 1. The van der Waals surface area contributed by atoms with Crippen LogP contribution in [0.3, 0.4) is 0 Å². The Morgan fingerprint density at radius 1 is 1.18 bits per heavy atom. The highest BCUT2D eigenvalue weighted by molar-refractivity contribution is 8.19. The topological polar surface area (TPSA) is 32.3 Å². The SMILES string of the molecule is CC1NCCN(C(=O)c2ccc(C3SCCS3)cc2)C1C.Cl. The monoisotopic (exact) mass is 358 g/mol. The number of carbonyl (C=O) groups excluding carboxylic acids is 1. The quantitative estimate of drug-likeness (QED) is 0.878. The fourth-order valence-electron chi connectivity index (χ4n) is 2.84. The van der Waals surface area contributed by atoms with Gasteiger partial charge in [-0.05, 0) is 31.5 Å². The van der Waals surface area contributed by atoms with E-state index in [2.05, 4.69) is 31.3 Å². The van der Waals surface area contributed by atoms with Gasteiger partial charge in [0.2, 0.25) is 0 Å². The summed E-state index contributed by atoms with van der Waals surface area (Å²) in [5.74, 6) is 2.62. The number of thioether (sulfide) groups is 2. The number of carbonyl (C=O) groups is 1. The second-order valence-electron chi connectivity index (χ2n) is 5.68. The van der Waals surface area contributed by atoms with E-state index < -0.39 is 0 Å². The lowest BCUT2D eigenvalue weighted by atomic mass is 10.0. The summed E-state index contributed by atoms with van der Waals surface area (Å²) in [5.41, 5.74) is 2.15. The Bertz CT molecular complexity index is 505. The highest BCUT2D eigenvalue weighted by Crippen LogP contribution is 2.45. The molecule has 0 saturated carbocycles. The summed E-state index contributed by atoms with van der Waals surface area (Å²) in [6, 6.07) is 8.84. The van der Waals surface area contributed by atoms with E-state index in [1.807, 2.05) is 40.6 Å². The van der Waals surface area contributed by atoms with Crippen LogP contribution < -0.4 is 5.32 Å². The van der Waals surface area contributed by atoms with E-state index in [4.69, 9.17) is 0 Å². The third-order valence-electron chi connectivity index (χ3n) is 4.35. The minimum atomic E-state index is 0. The summed E-state index contributed by atoms with van der Waals surface area (Å²) >= 11 is 4.00. The third kappa shape index (κ3) is 3.75. The van der Waals surface area contributed by atoms with Crippen LogP contribution in [0.5, 0.6) is 0 Å². The number of hydrogen-bond acceptors (Lipinski definition) is 4. The normalized spacial score (nSPS) is 25.8. The molecule has 0 radical (unpaired) electrons. The molecule has 1 aromatic rings. The van der Waals surface area contributed by atoms with Gasteiger partial charge < -0.3 is 10.2 Å². The maximum Gasteiger partial charge on any atom is 0.254 e. The molecule has 2 heterocycles. The summed E-state index contributed by atoms with van der Waals surface area (Å²) in [7, 11) is 0. The van der Waals surface area contributed by atoms with Crippen molar-refractivity contribution in [3.05, 3.63) is 35.4 Å². The maximum atomic E-state index is 12.7. The molecular weight excluding hydrogens is 336 g/mol. The summed E-state index contributed by atoms with van der Waals surface area (Å²) < 4.78 is 0.548.